The molecule has 0 saturated heterocycles. The summed E-state index contributed by atoms with van der Waals surface area (Å²) in [4.78, 5) is 10.4. The molecule has 0 spiro atoms. The maximum atomic E-state index is 10.4. The number of primary amides is 1. The first-order chi connectivity index (χ1) is 5.57. The monoisotopic (exact) mass is 165 g/mol. The van der Waals surface area contributed by atoms with Crippen LogP contribution in [-0.2, 0) is 4.79 Å². The van der Waals surface area contributed by atoms with Crippen molar-refractivity contribution in [2.75, 3.05) is 0 Å². The van der Waals surface area contributed by atoms with Gasteiger partial charge < -0.3 is 5.73 Å². The summed E-state index contributed by atoms with van der Waals surface area (Å²) < 4.78 is 0. The maximum absolute atomic E-state index is 10.4. The Morgan fingerprint density at radius 1 is 1.42 bits per heavy atom. The molecular weight excluding hydrogens is 150 g/mol. The Morgan fingerprint density at radius 3 is 2.33 bits per heavy atom. The van der Waals surface area contributed by atoms with Crippen LogP contribution < -0.4 is 5.73 Å². The molecule has 0 saturated carbocycles. The average molecular weight is 165 g/mol. The third-order valence-electron chi connectivity index (χ3n) is 1.42. The van der Waals surface area contributed by atoms with Gasteiger partial charge >= 0.3 is 0 Å². The van der Waals surface area contributed by atoms with E-state index in [9.17, 15) is 4.79 Å². The van der Waals surface area contributed by atoms with Crippen molar-refractivity contribution in [2.45, 2.75) is 13.8 Å². The van der Waals surface area contributed by atoms with Crippen molar-refractivity contribution in [3.05, 3.63) is 36.5 Å². The number of carbonyl (C=O) groups is 1. The highest BCUT2D eigenvalue weighted by molar-refractivity contribution is 5.86. The Hall–Kier alpha value is -1.31. The van der Waals surface area contributed by atoms with Gasteiger partial charge in [-0.15, -0.1) is 0 Å². The van der Waals surface area contributed by atoms with Gasteiger partial charge in [0.05, 0.1) is 0 Å². The molecule has 0 unspecified atom stereocenters. The lowest BCUT2D eigenvalue weighted by atomic mass is 10.0. The Balaban J connectivity index is 4.44. The van der Waals surface area contributed by atoms with Crippen molar-refractivity contribution >= 4 is 5.91 Å². The van der Waals surface area contributed by atoms with E-state index in [-0.39, 0.29) is 0 Å². The summed E-state index contributed by atoms with van der Waals surface area (Å²) in [5.41, 5.74) is 6.00. The smallest absolute Gasteiger partial charge is 0.241 e. The Morgan fingerprint density at radius 2 is 2.00 bits per heavy atom. The van der Waals surface area contributed by atoms with Gasteiger partial charge in [-0.05, 0) is 11.5 Å². The fourth-order valence-corrected chi connectivity index (χ4v) is 0.755. The largest absolute Gasteiger partial charge is 0.366 e. The van der Waals surface area contributed by atoms with E-state index in [0.717, 1.165) is 5.57 Å². The van der Waals surface area contributed by atoms with E-state index in [1.54, 1.807) is 12.2 Å². The van der Waals surface area contributed by atoms with Crippen LogP contribution in [0.3, 0.4) is 0 Å². The maximum Gasteiger partial charge on any atom is 0.241 e. The van der Waals surface area contributed by atoms with Crippen LogP contribution in [-0.4, -0.2) is 5.91 Å². The fourth-order valence-electron chi connectivity index (χ4n) is 0.755. The lowest BCUT2D eigenvalue weighted by molar-refractivity contribution is -0.113. The lowest BCUT2D eigenvalue weighted by Gasteiger charge is -2.03. The second-order valence-electron chi connectivity index (χ2n) is 2.79. The third-order valence-corrected chi connectivity index (χ3v) is 1.42. The molecule has 0 aliphatic rings. The van der Waals surface area contributed by atoms with Crippen molar-refractivity contribution < 1.29 is 4.79 Å². The molecule has 0 aromatic carbocycles. The summed E-state index contributed by atoms with van der Waals surface area (Å²) >= 11 is 0. The normalized spacial score (nSPS) is 12.4. The zero-order chi connectivity index (χ0) is 9.56. The van der Waals surface area contributed by atoms with E-state index < -0.39 is 5.91 Å². The summed E-state index contributed by atoms with van der Waals surface area (Å²) in [6.07, 6.45) is 6.63. The Bertz CT molecular complexity index is 224. The van der Waals surface area contributed by atoms with Crippen LogP contribution in [0.4, 0.5) is 0 Å². The fraction of sp³-hybridized carbons (Fsp3) is 0.300. The van der Waals surface area contributed by atoms with Crippen LogP contribution in [0.15, 0.2) is 36.5 Å². The molecule has 0 aliphatic heterocycles. The average Bonchev–Trinajstić information content (AvgIpc) is 1.96. The minimum atomic E-state index is -0.425. The van der Waals surface area contributed by atoms with Gasteiger partial charge in [-0.1, -0.05) is 38.7 Å². The SMILES string of the molecule is C=C/C=C(\C=C\C(N)=O)C(C)C. The van der Waals surface area contributed by atoms with Gasteiger partial charge in [-0.3, -0.25) is 4.79 Å². The van der Waals surface area contributed by atoms with Crippen LogP contribution in [0, 0.1) is 5.92 Å². The zero-order valence-corrected chi connectivity index (χ0v) is 7.58. The van der Waals surface area contributed by atoms with Crippen molar-refractivity contribution in [3.8, 4) is 0 Å². The van der Waals surface area contributed by atoms with Crippen LogP contribution in [0.25, 0.3) is 0 Å². The summed E-state index contributed by atoms with van der Waals surface area (Å²) in [6.45, 7) is 7.67. The Kier molecular flexibility index (Phi) is 4.77. The minimum absolute atomic E-state index is 0.374. The number of amides is 1. The molecule has 0 rings (SSSR count). The molecule has 2 N–H and O–H groups in total. The molecule has 0 fully saturated rings. The zero-order valence-electron chi connectivity index (χ0n) is 7.58. The van der Waals surface area contributed by atoms with E-state index >= 15 is 0 Å². The van der Waals surface area contributed by atoms with Gasteiger partial charge in [0.1, 0.15) is 0 Å². The predicted molar refractivity (Wildman–Crippen MR) is 51.5 cm³/mol. The standard InChI is InChI=1S/C10H15NO/c1-4-5-9(8(2)3)6-7-10(11)12/h4-8H,1H2,2-3H3,(H2,11,12)/b7-6+,9-5+. The molecule has 2 heteroatoms. The second-order valence-corrected chi connectivity index (χ2v) is 2.79. The summed E-state index contributed by atoms with van der Waals surface area (Å²) in [7, 11) is 0. The van der Waals surface area contributed by atoms with Crippen LogP contribution in [0.2, 0.25) is 0 Å². The molecular formula is C10H15NO. The van der Waals surface area contributed by atoms with Crippen molar-refractivity contribution in [1.29, 1.82) is 0 Å². The molecule has 0 radical (unpaired) electrons. The van der Waals surface area contributed by atoms with Gasteiger partial charge in [0.25, 0.3) is 0 Å². The Labute approximate surface area is 73.5 Å². The topological polar surface area (TPSA) is 43.1 Å². The minimum Gasteiger partial charge on any atom is -0.366 e. The quantitative estimate of drug-likeness (QED) is 0.501. The number of allylic oxidation sites excluding steroid dienone is 4. The molecule has 0 bridgehead atoms. The summed E-state index contributed by atoms with van der Waals surface area (Å²) in [5, 5.41) is 0. The van der Waals surface area contributed by atoms with E-state index in [4.69, 9.17) is 5.73 Å². The molecule has 0 aromatic heterocycles. The van der Waals surface area contributed by atoms with Crippen molar-refractivity contribution in [2.24, 2.45) is 11.7 Å². The van der Waals surface area contributed by atoms with E-state index in [0.29, 0.717) is 5.92 Å². The predicted octanol–water partition coefficient (Wildman–Crippen LogP) is 1.80. The van der Waals surface area contributed by atoms with E-state index in [1.165, 1.54) is 6.08 Å². The number of carbonyl (C=O) groups excluding carboxylic acids is 1. The number of nitrogens with two attached hydrogens (primary N) is 1. The molecule has 0 heterocycles. The number of rotatable bonds is 4. The highest BCUT2D eigenvalue weighted by Gasteiger charge is 1.97. The van der Waals surface area contributed by atoms with Gasteiger partial charge in [-0.2, -0.15) is 0 Å². The first-order valence-corrected chi connectivity index (χ1v) is 3.88. The molecule has 2 nitrogen and oxygen atoms in total. The third kappa shape index (κ3) is 4.50. The molecule has 0 atom stereocenters. The van der Waals surface area contributed by atoms with Gasteiger partial charge in [0.2, 0.25) is 5.91 Å². The van der Waals surface area contributed by atoms with Crippen LogP contribution in [0.1, 0.15) is 13.8 Å². The van der Waals surface area contributed by atoms with Gasteiger partial charge in [0, 0.05) is 6.08 Å². The van der Waals surface area contributed by atoms with Gasteiger partial charge in [-0.25, -0.2) is 0 Å². The molecule has 0 aromatic rings. The molecule has 66 valence electrons. The van der Waals surface area contributed by atoms with Gasteiger partial charge in [0.15, 0.2) is 0 Å². The van der Waals surface area contributed by atoms with E-state index in [2.05, 4.69) is 6.58 Å². The first-order valence-electron chi connectivity index (χ1n) is 3.88. The van der Waals surface area contributed by atoms with Crippen LogP contribution in [0.5, 0.6) is 0 Å². The van der Waals surface area contributed by atoms with Crippen molar-refractivity contribution in [3.63, 3.8) is 0 Å². The summed E-state index contributed by atoms with van der Waals surface area (Å²) in [5.74, 6) is -0.0517. The molecule has 1 amide bonds. The molecule has 0 aliphatic carbocycles. The molecule has 12 heavy (non-hydrogen) atoms. The second kappa shape index (κ2) is 5.35. The van der Waals surface area contributed by atoms with E-state index in [1.807, 2.05) is 19.9 Å². The number of hydrogen-bond donors (Lipinski definition) is 1. The highest BCUT2D eigenvalue weighted by Crippen LogP contribution is 2.10. The highest BCUT2D eigenvalue weighted by atomic mass is 16.1. The van der Waals surface area contributed by atoms with Crippen molar-refractivity contribution in [1.82, 2.24) is 0 Å². The summed E-state index contributed by atoms with van der Waals surface area (Å²) in [6, 6.07) is 0. The number of hydrogen-bond acceptors (Lipinski definition) is 1. The van der Waals surface area contributed by atoms with Crippen LogP contribution >= 0.6 is 0 Å². The lowest BCUT2D eigenvalue weighted by Crippen LogP contribution is -2.06. The first kappa shape index (κ1) is 10.7.